The van der Waals surface area contributed by atoms with Crippen molar-refractivity contribution in [3.63, 3.8) is 0 Å². The summed E-state index contributed by atoms with van der Waals surface area (Å²) in [7, 11) is 0. The number of rotatable bonds is 0. The van der Waals surface area contributed by atoms with Crippen molar-refractivity contribution >= 4 is 30.7 Å². The molecule has 2 aliphatic heterocycles. The third-order valence-electron chi connectivity index (χ3n) is 3.11. The number of amides is 1. The molecule has 4 nitrogen and oxygen atoms in total. The molecule has 2 atom stereocenters. The van der Waals surface area contributed by atoms with E-state index < -0.39 is 0 Å². The first-order chi connectivity index (χ1) is 6.44. The van der Waals surface area contributed by atoms with Crippen LogP contribution in [-0.4, -0.2) is 29.7 Å². The van der Waals surface area contributed by atoms with Gasteiger partial charge in [-0.05, 0) is 40.2 Å². The van der Waals surface area contributed by atoms with E-state index in [1.807, 2.05) is 13.8 Å². The molecule has 2 heterocycles. The molecule has 3 N–H and O–H groups in total. The Bertz CT molecular complexity index is 273. The van der Waals surface area contributed by atoms with Gasteiger partial charge in [0.1, 0.15) is 5.54 Å². The van der Waals surface area contributed by atoms with Crippen LogP contribution in [0.3, 0.4) is 0 Å². The topological polar surface area (TPSA) is 53.2 Å². The quantitative estimate of drug-likeness (QED) is 0.610. The summed E-state index contributed by atoms with van der Waals surface area (Å²) in [5.74, 6) is 0.163. The Morgan fingerprint density at radius 3 is 2.38 bits per heavy atom. The first kappa shape index (κ1) is 16.0. The molecule has 0 radical (unpaired) electrons. The normalized spacial score (nSPS) is 36.2. The SMILES string of the molecule is C[C@H]1C[C@@]2(CCN1)NC(C)(C)NC2=O.Cl.Cl. The van der Waals surface area contributed by atoms with Crippen molar-refractivity contribution in [1.82, 2.24) is 16.0 Å². The Kier molecular flexibility index (Phi) is 5.08. The van der Waals surface area contributed by atoms with Gasteiger partial charge in [-0.3, -0.25) is 10.1 Å². The summed E-state index contributed by atoms with van der Waals surface area (Å²) in [6.45, 7) is 7.05. The second kappa shape index (κ2) is 5.08. The zero-order valence-electron chi connectivity index (χ0n) is 9.92. The van der Waals surface area contributed by atoms with Crippen LogP contribution in [0.1, 0.15) is 33.6 Å². The zero-order valence-corrected chi connectivity index (χ0v) is 11.6. The molecule has 2 rings (SSSR count). The Hall–Kier alpha value is -0.0300. The number of hydrogen-bond acceptors (Lipinski definition) is 3. The summed E-state index contributed by atoms with van der Waals surface area (Å²) >= 11 is 0. The molecule has 6 heteroatoms. The predicted octanol–water partition coefficient (Wildman–Crippen LogP) is 0.796. The van der Waals surface area contributed by atoms with Gasteiger partial charge in [0.2, 0.25) is 5.91 Å². The molecule has 0 aliphatic carbocycles. The van der Waals surface area contributed by atoms with Gasteiger partial charge in [0, 0.05) is 6.04 Å². The Morgan fingerprint density at radius 2 is 1.94 bits per heavy atom. The predicted molar refractivity (Wildman–Crippen MR) is 69.3 cm³/mol. The monoisotopic (exact) mass is 269 g/mol. The van der Waals surface area contributed by atoms with E-state index in [1.54, 1.807) is 0 Å². The molecule has 96 valence electrons. The summed E-state index contributed by atoms with van der Waals surface area (Å²) in [4.78, 5) is 11.9. The van der Waals surface area contributed by atoms with Gasteiger partial charge < -0.3 is 10.6 Å². The van der Waals surface area contributed by atoms with E-state index >= 15 is 0 Å². The number of carbonyl (C=O) groups is 1. The maximum atomic E-state index is 11.9. The van der Waals surface area contributed by atoms with Gasteiger partial charge >= 0.3 is 0 Å². The van der Waals surface area contributed by atoms with Crippen molar-refractivity contribution in [2.24, 2.45) is 0 Å². The molecule has 2 fully saturated rings. The van der Waals surface area contributed by atoms with E-state index in [2.05, 4.69) is 22.9 Å². The lowest BCUT2D eigenvalue weighted by Gasteiger charge is -2.36. The zero-order chi connectivity index (χ0) is 10.4. The van der Waals surface area contributed by atoms with Crippen LogP contribution in [0.5, 0.6) is 0 Å². The van der Waals surface area contributed by atoms with E-state index in [0.717, 1.165) is 19.4 Å². The fraction of sp³-hybridized carbons (Fsp3) is 0.900. The Labute approximate surface area is 109 Å². The van der Waals surface area contributed by atoms with Crippen LogP contribution in [0, 0.1) is 0 Å². The highest BCUT2D eigenvalue weighted by Gasteiger charge is 2.50. The van der Waals surface area contributed by atoms with Crippen LogP contribution >= 0.6 is 24.8 Å². The summed E-state index contributed by atoms with van der Waals surface area (Å²) in [6, 6.07) is 0.413. The average Bonchev–Trinajstić information content (AvgIpc) is 2.20. The van der Waals surface area contributed by atoms with Crippen molar-refractivity contribution in [1.29, 1.82) is 0 Å². The van der Waals surface area contributed by atoms with Crippen molar-refractivity contribution in [2.75, 3.05) is 6.54 Å². The number of hydrogen-bond donors (Lipinski definition) is 3. The molecule has 0 aromatic heterocycles. The summed E-state index contributed by atoms with van der Waals surface area (Å²) in [5, 5.41) is 9.78. The second-order valence-corrected chi connectivity index (χ2v) is 5.10. The Balaban J connectivity index is 0.00000112. The van der Waals surface area contributed by atoms with E-state index in [4.69, 9.17) is 0 Å². The molecule has 0 aromatic carbocycles. The molecule has 2 aliphatic rings. The minimum absolute atomic E-state index is 0. The highest BCUT2D eigenvalue weighted by atomic mass is 35.5. The van der Waals surface area contributed by atoms with Crippen LogP contribution < -0.4 is 16.0 Å². The molecule has 2 saturated heterocycles. The highest BCUT2D eigenvalue weighted by Crippen LogP contribution is 2.29. The van der Waals surface area contributed by atoms with Crippen LogP contribution in [0.4, 0.5) is 0 Å². The lowest BCUT2D eigenvalue weighted by atomic mass is 9.85. The summed E-state index contributed by atoms with van der Waals surface area (Å²) in [6.07, 6.45) is 1.76. The third kappa shape index (κ3) is 2.80. The first-order valence-electron chi connectivity index (χ1n) is 5.29. The molecule has 0 unspecified atom stereocenters. The number of halogens is 2. The van der Waals surface area contributed by atoms with Crippen molar-refractivity contribution < 1.29 is 4.79 Å². The van der Waals surface area contributed by atoms with E-state index in [-0.39, 0.29) is 41.9 Å². The fourth-order valence-corrected chi connectivity index (χ4v) is 2.64. The van der Waals surface area contributed by atoms with E-state index in [9.17, 15) is 4.79 Å². The number of piperidine rings is 1. The van der Waals surface area contributed by atoms with Crippen molar-refractivity contribution in [3.8, 4) is 0 Å². The van der Waals surface area contributed by atoms with Crippen molar-refractivity contribution in [2.45, 2.75) is 50.9 Å². The number of nitrogens with one attached hydrogen (secondary N) is 3. The summed E-state index contributed by atoms with van der Waals surface area (Å²) < 4.78 is 0. The van der Waals surface area contributed by atoms with Gasteiger partial charge in [0.25, 0.3) is 0 Å². The van der Waals surface area contributed by atoms with Gasteiger partial charge in [0.15, 0.2) is 0 Å². The smallest absolute Gasteiger partial charge is 0.241 e. The van der Waals surface area contributed by atoms with Gasteiger partial charge in [-0.15, -0.1) is 24.8 Å². The molecular weight excluding hydrogens is 249 g/mol. The third-order valence-corrected chi connectivity index (χ3v) is 3.11. The maximum Gasteiger partial charge on any atom is 0.241 e. The number of carbonyl (C=O) groups excluding carboxylic acids is 1. The Morgan fingerprint density at radius 1 is 1.31 bits per heavy atom. The summed E-state index contributed by atoms with van der Waals surface area (Å²) in [5.41, 5.74) is -0.581. The van der Waals surface area contributed by atoms with Gasteiger partial charge in [0.05, 0.1) is 5.66 Å². The second-order valence-electron chi connectivity index (χ2n) is 5.10. The maximum absolute atomic E-state index is 11.9. The fourth-order valence-electron chi connectivity index (χ4n) is 2.64. The minimum Gasteiger partial charge on any atom is -0.337 e. The highest BCUT2D eigenvalue weighted by molar-refractivity contribution is 5.89. The molecule has 0 bridgehead atoms. The lowest BCUT2D eigenvalue weighted by molar-refractivity contribution is -0.125. The van der Waals surface area contributed by atoms with Crippen LogP contribution in [-0.2, 0) is 4.79 Å². The van der Waals surface area contributed by atoms with Crippen LogP contribution in [0.25, 0.3) is 0 Å². The molecular formula is C10H21Cl2N3O. The van der Waals surface area contributed by atoms with Crippen molar-refractivity contribution in [3.05, 3.63) is 0 Å². The van der Waals surface area contributed by atoms with E-state index in [0.29, 0.717) is 6.04 Å². The van der Waals surface area contributed by atoms with Crippen LogP contribution in [0.2, 0.25) is 0 Å². The first-order valence-corrected chi connectivity index (χ1v) is 5.29. The van der Waals surface area contributed by atoms with E-state index in [1.165, 1.54) is 0 Å². The minimum atomic E-state index is -0.325. The largest absolute Gasteiger partial charge is 0.337 e. The van der Waals surface area contributed by atoms with Gasteiger partial charge in [-0.2, -0.15) is 0 Å². The molecule has 16 heavy (non-hydrogen) atoms. The lowest BCUT2D eigenvalue weighted by Crippen LogP contribution is -2.58. The molecule has 0 aromatic rings. The van der Waals surface area contributed by atoms with Gasteiger partial charge in [-0.1, -0.05) is 0 Å². The standard InChI is InChI=1S/C10H19N3O.2ClH/c1-7-6-10(4-5-11-7)8(14)12-9(2,3)13-10;;/h7,11,13H,4-6H2,1-3H3,(H,12,14);2*1H/t7-,10+;;/m0../s1. The van der Waals surface area contributed by atoms with Crippen LogP contribution in [0.15, 0.2) is 0 Å². The molecule has 1 amide bonds. The van der Waals surface area contributed by atoms with Gasteiger partial charge in [-0.25, -0.2) is 0 Å². The average molecular weight is 270 g/mol. The molecule has 1 spiro atoms. The molecule has 0 saturated carbocycles.